The molecular weight excluding hydrogens is 254 g/mol. The zero-order chi connectivity index (χ0) is 13.1. The van der Waals surface area contributed by atoms with Crippen molar-refractivity contribution in [3.63, 3.8) is 0 Å². The normalized spacial score (nSPS) is 18.8. The van der Waals surface area contributed by atoms with Crippen molar-refractivity contribution in [1.82, 2.24) is 5.32 Å². The van der Waals surface area contributed by atoms with Gasteiger partial charge in [-0.3, -0.25) is 0 Å². The van der Waals surface area contributed by atoms with E-state index in [1.807, 2.05) is 11.3 Å². The van der Waals surface area contributed by atoms with E-state index in [1.54, 1.807) is 0 Å². The van der Waals surface area contributed by atoms with E-state index in [-0.39, 0.29) is 0 Å². The zero-order valence-electron chi connectivity index (χ0n) is 11.4. The fourth-order valence-corrected chi connectivity index (χ4v) is 3.79. The van der Waals surface area contributed by atoms with Gasteiger partial charge in [-0.25, -0.2) is 0 Å². The number of fused-ring (bicyclic) bond motifs is 1. The van der Waals surface area contributed by atoms with Crippen molar-refractivity contribution in [2.45, 2.75) is 32.4 Å². The average molecular weight is 275 g/mol. The van der Waals surface area contributed by atoms with Crippen LogP contribution in [-0.2, 0) is 11.3 Å². The molecular formula is C16H21NOS. The minimum Gasteiger partial charge on any atom is -0.381 e. The molecule has 1 aromatic heterocycles. The van der Waals surface area contributed by atoms with Gasteiger partial charge in [0.05, 0.1) is 0 Å². The maximum atomic E-state index is 5.43. The highest BCUT2D eigenvalue weighted by atomic mass is 32.1. The van der Waals surface area contributed by atoms with E-state index in [0.29, 0.717) is 6.04 Å². The first-order valence-corrected chi connectivity index (χ1v) is 7.99. The average Bonchev–Trinajstić information content (AvgIpc) is 2.89. The third kappa shape index (κ3) is 2.99. The number of ether oxygens (including phenoxy) is 1. The smallest absolute Gasteiger partial charge is 0.0469 e. The van der Waals surface area contributed by atoms with Crippen molar-refractivity contribution in [1.29, 1.82) is 0 Å². The van der Waals surface area contributed by atoms with Gasteiger partial charge in [-0.05, 0) is 48.1 Å². The Hall–Kier alpha value is -0.900. The van der Waals surface area contributed by atoms with E-state index < -0.39 is 0 Å². The minimum atomic E-state index is 0.572. The van der Waals surface area contributed by atoms with Crippen LogP contribution >= 0.6 is 11.3 Å². The Morgan fingerprint density at radius 3 is 2.95 bits per heavy atom. The van der Waals surface area contributed by atoms with Crippen LogP contribution in [0.2, 0.25) is 0 Å². The van der Waals surface area contributed by atoms with Crippen LogP contribution in [-0.4, -0.2) is 19.3 Å². The van der Waals surface area contributed by atoms with Gasteiger partial charge in [-0.1, -0.05) is 18.2 Å². The number of hydrogen-bond donors (Lipinski definition) is 1. The molecule has 1 aliphatic rings. The van der Waals surface area contributed by atoms with Crippen LogP contribution in [0.15, 0.2) is 29.6 Å². The van der Waals surface area contributed by atoms with Gasteiger partial charge in [-0.2, -0.15) is 0 Å². The molecule has 2 nitrogen and oxygen atoms in total. The molecule has 102 valence electrons. The van der Waals surface area contributed by atoms with Crippen LogP contribution in [0.3, 0.4) is 0 Å². The van der Waals surface area contributed by atoms with E-state index in [0.717, 1.165) is 25.7 Å². The third-order valence-corrected chi connectivity index (χ3v) is 5.16. The highest BCUT2D eigenvalue weighted by molar-refractivity contribution is 7.17. The molecule has 1 aromatic carbocycles. The van der Waals surface area contributed by atoms with E-state index in [2.05, 4.69) is 41.9 Å². The predicted octanol–water partition coefficient (Wildman–Crippen LogP) is 3.81. The van der Waals surface area contributed by atoms with Gasteiger partial charge < -0.3 is 10.1 Å². The van der Waals surface area contributed by atoms with Gasteiger partial charge in [0.15, 0.2) is 0 Å². The quantitative estimate of drug-likeness (QED) is 0.916. The molecule has 1 unspecified atom stereocenters. The molecule has 1 fully saturated rings. The lowest BCUT2D eigenvalue weighted by Gasteiger charge is -2.28. The van der Waals surface area contributed by atoms with Crippen molar-refractivity contribution >= 4 is 21.4 Å². The summed E-state index contributed by atoms with van der Waals surface area (Å²) in [4.78, 5) is 0. The molecule has 0 spiro atoms. The molecule has 3 rings (SSSR count). The molecule has 1 saturated heterocycles. The Labute approximate surface area is 118 Å². The number of hydrogen-bond acceptors (Lipinski definition) is 3. The standard InChI is InChI=1S/C16H21NOS/c1-12(13-6-8-18-9-7-13)17-10-14-11-19-16-5-3-2-4-15(14)16/h2-5,11-13,17H,6-10H2,1H3. The Morgan fingerprint density at radius 2 is 2.11 bits per heavy atom. The lowest BCUT2D eigenvalue weighted by molar-refractivity contribution is 0.0558. The summed E-state index contributed by atoms with van der Waals surface area (Å²) in [6.07, 6.45) is 2.39. The highest BCUT2D eigenvalue weighted by Crippen LogP contribution is 2.26. The summed E-state index contributed by atoms with van der Waals surface area (Å²) >= 11 is 1.84. The number of rotatable bonds is 4. The van der Waals surface area contributed by atoms with Crippen LogP contribution in [0.4, 0.5) is 0 Å². The molecule has 1 atom stereocenters. The van der Waals surface area contributed by atoms with E-state index in [4.69, 9.17) is 4.74 Å². The maximum Gasteiger partial charge on any atom is 0.0469 e. The van der Waals surface area contributed by atoms with Gasteiger partial charge >= 0.3 is 0 Å². The molecule has 1 N–H and O–H groups in total. The first-order chi connectivity index (χ1) is 9.34. The SMILES string of the molecule is CC(NCc1csc2ccccc12)C1CCOCC1. The summed E-state index contributed by atoms with van der Waals surface area (Å²) in [5.74, 6) is 0.763. The van der Waals surface area contributed by atoms with E-state index in [9.17, 15) is 0 Å². The molecule has 0 aliphatic carbocycles. The summed E-state index contributed by atoms with van der Waals surface area (Å²) in [6, 6.07) is 9.23. The van der Waals surface area contributed by atoms with Gasteiger partial charge in [0.2, 0.25) is 0 Å². The number of thiophene rings is 1. The highest BCUT2D eigenvalue weighted by Gasteiger charge is 2.20. The summed E-state index contributed by atoms with van der Waals surface area (Å²) in [5.41, 5.74) is 1.43. The Balaban J connectivity index is 1.62. The lowest BCUT2D eigenvalue weighted by atomic mass is 9.93. The van der Waals surface area contributed by atoms with Crippen LogP contribution in [0.5, 0.6) is 0 Å². The zero-order valence-corrected chi connectivity index (χ0v) is 12.2. The Morgan fingerprint density at radius 1 is 1.32 bits per heavy atom. The maximum absolute atomic E-state index is 5.43. The van der Waals surface area contributed by atoms with Crippen molar-refractivity contribution < 1.29 is 4.74 Å². The predicted molar refractivity (Wildman–Crippen MR) is 81.7 cm³/mol. The first-order valence-electron chi connectivity index (χ1n) is 7.11. The summed E-state index contributed by atoms with van der Waals surface area (Å²) in [5, 5.41) is 7.39. The Bertz CT molecular complexity index is 530. The van der Waals surface area contributed by atoms with E-state index in [1.165, 1.54) is 28.5 Å². The topological polar surface area (TPSA) is 21.3 Å². The molecule has 1 aliphatic heterocycles. The van der Waals surface area contributed by atoms with Crippen LogP contribution in [0, 0.1) is 5.92 Å². The largest absolute Gasteiger partial charge is 0.381 e. The van der Waals surface area contributed by atoms with Crippen molar-refractivity contribution in [3.8, 4) is 0 Å². The molecule has 2 heterocycles. The van der Waals surface area contributed by atoms with E-state index >= 15 is 0 Å². The van der Waals surface area contributed by atoms with Crippen molar-refractivity contribution in [3.05, 3.63) is 35.2 Å². The van der Waals surface area contributed by atoms with Gasteiger partial charge in [0.25, 0.3) is 0 Å². The monoisotopic (exact) mass is 275 g/mol. The molecule has 3 heteroatoms. The number of nitrogens with one attached hydrogen (secondary N) is 1. The molecule has 0 radical (unpaired) electrons. The fraction of sp³-hybridized carbons (Fsp3) is 0.500. The molecule has 0 amide bonds. The van der Waals surface area contributed by atoms with Crippen LogP contribution < -0.4 is 5.32 Å². The van der Waals surface area contributed by atoms with Gasteiger partial charge in [-0.15, -0.1) is 11.3 Å². The first kappa shape index (κ1) is 13.1. The summed E-state index contributed by atoms with van der Waals surface area (Å²) < 4.78 is 6.82. The molecule has 19 heavy (non-hydrogen) atoms. The van der Waals surface area contributed by atoms with Crippen molar-refractivity contribution in [2.24, 2.45) is 5.92 Å². The lowest BCUT2D eigenvalue weighted by Crippen LogP contribution is -2.36. The fourth-order valence-electron chi connectivity index (χ4n) is 2.82. The Kier molecular flexibility index (Phi) is 4.16. The minimum absolute atomic E-state index is 0.572. The molecule has 0 bridgehead atoms. The summed E-state index contributed by atoms with van der Waals surface area (Å²) in [7, 11) is 0. The van der Waals surface area contributed by atoms with Crippen LogP contribution in [0.25, 0.3) is 10.1 Å². The third-order valence-electron chi connectivity index (χ3n) is 4.15. The van der Waals surface area contributed by atoms with Crippen molar-refractivity contribution in [2.75, 3.05) is 13.2 Å². The molecule has 2 aromatic rings. The second-order valence-corrected chi connectivity index (χ2v) is 6.29. The van der Waals surface area contributed by atoms with Gasteiger partial charge in [0, 0.05) is 30.5 Å². The van der Waals surface area contributed by atoms with Gasteiger partial charge in [0.1, 0.15) is 0 Å². The second-order valence-electron chi connectivity index (χ2n) is 5.38. The second kappa shape index (κ2) is 6.04. The number of benzene rings is 1. The van der Waals surface area contributed by atoms with Crippen LogP contribution in [0.1, 0.15) is 25.3 Å². The summed E-state index contributed by atoms with van der Waals surface area (Å²) in [6.45, 7) is 5.14. The molecule has 0 saturated carbocycles.